The Morgan fingerprint density at radius 2 is 1.88 bits per heavy atom. The fraction of sp³-hybridized carbons (Fsp3) is 0.278. The Morgan fingerprint density at radius 1 is 1.16 bits per heavy atom. The molecular formula is C18H17ClN4OS. The number of aliphatic hydroxyl groups is 1. The lowest BCUT2D eigenvalue weighted by atomic mass is 10.00. The zero-order valence-corrected chi connectivity index (χ0v) is 15.7. The van der Waals surface area contributed by atoms with Crippen LogP contribution in [0.5, 0.6) is 0 Å². The first-order valence-corrected chi connectivity index (χ1v) is 9.18. The maximum atomic E-state index is 9.92. The standard InChI is InChI=1S/C18H17ClN4OS/c1-9-10(2)25-18-15(9)16(12-4-6-13(19)7-5-12)20-14(8-24)17-22-21-11(3)23(17)18/h4-7,14,24H,8H2,1-3H3. The Morgan fingerprint density at radius 3 is 2.56 bits per heavy atom. The summed E-state index contributed by atoms with van der Waals surface area (Å²) in [7, 11) is 0. The van der Waals surface area contributed by atoms with Gasteiger partial charge in [-0.05, 0) is 38.5 Å². The molecule has 128 valence electrons. The minimum atomic E-state index is -0.453. The average molecular weight is 373 g/mol. The third-order valence-electron chi connectivity index (χ3n) is 4.53. The van der Waals surface area contributed by atoms with Crippen molar-refractivity contribution in [3.05, 3.63) is 62.5 Å². The highest BCUT2D eigenvalue weighted by Crippen LogP contribution is 2.38. The number of thiophene rings is 1. The number of benzene rings is 1. The highest BCUT2D eigenvalue weighted by atomic mass is 35.5. The van der Waals surface area contributed by atoms with Crippen LogP contribution in [0.1, 0.15) is 39.3 Å². The third-order valence-corrected chi connectivity index (χ3v) is 5.97. The molecule has 7 heteroatoms. The number of hydrogen-bond donors (Lipinski definition) is 1. The Balaban J connectivity index is 2.05. The molecule has 1 aliphatic heterocycles. The molecule has 3 heterocycles. The average Bonchev–Trinajstić information content (AvgIpc) is 3.06. The Hall–Kier alpha value is -2.02. The number of halogens is 1. The molecule has 1 aliphatic rings. The van der Waals surface area contributed by atoms with Crippen LogP contribution in [0.25, 0.3) is 5.00 Å². The van der Waals surface area contributed by atoms with Crippen LogP contribution in [0.4, 0.5) is 0 Å². The molecule has 0 amide bonds. The minimum absolute atomic E-state index is 0.123. The van der Waals surface area contributed by atoms with E-state index in [0.717, 1.165) is 27.7 Å². The van der Waals surface area contributed by atoms with Gasteiger partial charge >= 0.3 is 0 Å². The van der Waals surface area contributed by atoms with Crippen molar-refractivity contribution >= 4 is 28.6 Å². The first-order chi connectivity index (χ1) is 12.0. The van der Waals surface area contributed by atoms with Gasteiger partial charge in [-0.1, -0.05) is 23.7 Å². The predicted molar refractivity (Wildman–Crippen MR) is 100 cm³/mol. The summed E-state index contributed by atoms with van der Waals surface area (Å²) in [5.41, 5.74) is 4.09. The molecule has 1 unspecified atom stereocenters. The van der Waals surface area contributed by atoms with Crippen LogP contribution in [0.15, 0.2) is 29.3 Å². The normalized spacial score (nSPS) is 16.2. The van der Waals surface area contributed by atoms with Crippen LogP contribution in [0.2, 0.25) is 5.02 Å². The smallest absolute Gasteiger partial charge is 0.165 e. The van der Waals surface area contributed by atoms with Gasteiger partial charge in [0.2, 0.25) is 0 Å². The number of nitrogens with zero attached hydrogens (tertiary/aromatic N) is 4. The molecule has 25 heavy (non-hydrogen) atoms. The Bertz CT molecular complexity index is 987. The van der Waals surface area contributed by atoms with Crippen LogP contribution in [0, 0.1) is 20.8 Å². The van der Waals surface area contributed by atoms with E-state index in [1.54, 1.807) is 11.3 Å². The lowest BCUT2D eigenvalue weighted by molar-refractivity contribution is 0.263. The van der Waals surface area contributed by atoms with Gasteiger partial charge in [-0.15, -0.1) is 21.5 Å². The lowest BCUT2D eigenvalue weighted by Crippen LogP contribution is -2.09. The zero-order valence-electron chi connectivity index (χ0n) is 14.1. The van der Waals surface area contributed by atoms with Crippen molar-refractivity contribution in [2.75, 3.05) is 6.61 Å². The number of aromatic nitrogens is 3. The van der Waals surface area contributed by atoms with E-state index in [4.69, 9.17) is 16.6 Å². The molecule has 0 saturated carbocycles. The van der Waals surface area contributed by atoms with Gasteiger partial charge in [0, 0.05) is 21.0 Å². The topological polar surface area (TPSA) is 63.3 Å². The van der Waals surface area contributed by atoms with E-state index in [9.17, 15) is 5.11 Å². The first-order valence-electron chi connectivity index (χ1n) is 7.98. The first kappa shape index (κ1) is 16.4. The van der Waals surface area contributed by atoms with E-state index in [0.29, 0.717) is 10.8 Å². The number of rotatable bonds is 2. The number of hydrogen-bond acceptors (Lipinski definition) is 5. The second-order valence-electron chi connectivity index (χ2n) is 6.09. The highest BCUT2D eigenvalue weighted by Gasteiger charge is 2.30. The highest BCUT2D eigenvalue weighted by molar-refractivity contribution is 7.15. The molecule has 1 N–H and O–H groups in total. The molecule has 0 fully saturated rings. The summed E-state index contributed by atoms with van der Waals surface area (Å²) in [5, 5.41) is 20.1. The van der Waals surface area contributed by atoms with E-state index >= 15 is 0 Å². The van der Waals surface area contributed by atoms with E-state index in [-0.39, 0.29) is 6.61 Å². The molecule has 0 bridgehead atoms. The Kier molecular flexibility index (Phi) is 3.98. The molecule has 0 aliphatic carbocycles. The monoisotopic (exact) mass is 372 g/mol. The van der Waals surface area contributed by atoms with Gasteiger partial charge in [0.05, 0.1) is 12.3 Å². The third kappa shape index (κ3) is 2.52. The van der Waals surface area contributed by atoms with Crippen molar-refractivity contribution in [2.24, 2.45) is 4.99 Å². The summed E-state index contributed by atoms with van der Waals surface area (Å²) in [6, 6.07) is 7.19. The zero-order chi connectivity index (χ0) is 17.7. The quantitative estimate of drug-likeness (QED) is 0.744. The van der Waals surface area contributed by atoms with Crippen LogP contribution in [-0.2, 0) is 0 Å². The van der Waals surface area contributed by atoms with Gasteiger partial charge in [0.25, 0.3) is 0 Å². The van der Waals surface area contributed by atoms with Crippen molar-refractivity contribution in [3.63, 3.8) is 0 Å². The molecule has 1 atom stereocenters. The molecule has 1 aromatic carbocycles. The summed E-state index contributed by atoms with van der Waals surface area (Å²) in [6.07, 6.45) is 0. The minimum Gasteiger partial charge on any atom is -0.394 e. The molecular weight excluding hydrogens is 356 g/mol. The largest absolute Gasteiger partial charge is 0.394 e. The van der Waals surface area contributed by atoms with E-state index in [1.807, 2.05) is 35.8 Å². The molecule has 0 spiro atoms. The second-order valence-corrected chi connectivity index (χ2v) is 7.73. The van der Waals surface area contributed by atoms with Crippen LogP contribution >= 0.6 is 22.9 Å². The fourth-order valence-electron chi connectivity index (χ4n) is 3.12. The summed E-state index contributed by atoms with van der Waals surface area (Å²) in [4.78, 5) is 6.10. The molecule has 2 aromatic heterocycles. The van der Waals surface area contributed by atoms with E-state index in [2.05, 4.69) is 24.0 Å². The van der Waals surface area contributed by atoms with Gasteiger partial charge in [-0.25, -0.2) is 0 Å². The maximum absolute atomic E-state index is 9.92. The number of fused-ring (bicyclic) bond motifs is 3. The van der Waals surface area contributed by atoms with Gasteiger partial charge in [-0.3, -0.25) is 9.56 Å². The molecule has 4 rings (SSSR count). The van der Waals surface area contributed by atoms with Crippen LogP contribution < -0.4 is 0 Å². The van der Waals surface area contributed by atoms with Crippen LogP contribution in [0.3, 0.4) is 0 Å². The summed E-state index contributed by atoms with van der Waals surface area (Å²) in [5.74, 6) is 1.47. The second kappa shape index (κ2) is 6.05. The molecule has 0 radical (unpaired) electrons. The number of aliphatic imine (C=N–C) groups is 1. The summed E-state index contributed by atoms with van der Waals surface area (Å²) in [6.45, 7) is 6.01. The lowest BCUT2D eigenvalue weighted by Gasteiger charge is -2.10. The summed E-state index contributed by atoms with van der Waals surface area (Å²) < 4.78 is 2.02. The van der Waals surface area contributed by atoms with Crippen molar-refractivity contribution in [1.29, 1.82) is 0 Å². The van der Waals surface area contributed by atoms with Crippen molar-refractivity contribution in [1.82, 2.24) is 14.8 Å². The van der Waals surface area contributed by atoms with Gasteiger partial charge < -0.3 is 5.11 Å². The maximum Gasteiger partial charge on any atom is 0.165 e. The van der Waals surface area contributed by atoms with Gasteiger partial charge in [0.15, 0.2) is 5.82 Å². The van der Waals surface area contributed by atoms with E-state index in [1.165, 1.54) is 10.4 Å². The molecule has 0 saturated heterocycles. The predicted octanol–water partition coefficient (Wildman–Crippen LogP) is 3.79. The van der Waals surface area contributed by atoms with Crippen molar-refractivity contribution in [3.8, 4) is 5.00 Å². The summed E-state index contributed by atoms with van der Waals surface area (Å²) >= 11 is 7.75. The van der Waals surface area contributed by atoms with Crippen molar-refractivity contribution < 1.29 is 5.11 Å². The number of aryl methyl sites for hydroxylation is 2. The number of aliphatic hydroxyl groups excluding tert-OH is 1. The SMILES string of the molecule is Cc1sc2c(c1C)C(c1ccc(Cl)cc1)=NC(CO)c1nnc(C)n1-2. The van der Waals surface area contributed by atoms with Gasteiger partial charge in [0.1, 0.15) is 16.9 Å². The van der Waals surface area contributed by atoms with E-state index < -0.39 is 6.04 Å². The van der Waals surface area contributed by atoms with Gasteiger partial charge in [-0.2, -0.15) is 0 Å². The molecule has 3 aromatic rings. The fourth-order valence-corrected chi connectivity index (χ4v) is 4.46. The van der Waals surface area contributed by atoms with Crippen LogP contribution in [-0.4, -0.2) is 32.2 Å². The van der Waals surface area contributed by atoms with Crippen molar-refractivity contribution in [2.45, 2.75) is 26.8 Å². The Labute approximate surface area is 154 Å². The molecule has 5 nitrogen and oxygen atoms in total.